The Labute approximate surface area is 202 Å². The van der Waals surface area contributed by atoms with Gasteiger partial charge in [0, 0.05) is 13.1 Å². The summed E-state index contributed by atoms with van der Waals surface area (Å²) in [5.74, 6) is -1.31. The van der Waals surface area contributed by atoms with E-state index in [2.05, 4.69) is 36.4 Å². The summed E-state index contributed by atoms with van der Waals surface area (Å²) >= 11 is 1.11. The quantitative estimate of drug-likeness (QED) is 0.469. The molecule has 0 aromatic carbocycles. The second-order valence-electron chi connectivity index (χ2n) is 10.1. The Morgan fingerprint density at radius 1 is 1.26 bits per heavy atom. The van der Waals surface area contributed by atoms with E-state index >= 15 is 0 Å². The number of methoxy groups -OCH3 is 1. The molecular weight excluding hydrogens is 462 g/mol. The smallest absolute Gasteiger partial charge is 0.352 e. The van der Waals surface area contributed by atoms with Crippen LogP contribution in [-0.4, -0.2) is 79.2 Å². The van der Waals surface area contributed by atoms with Gasteiger partial charge in [-0.1, -0.05) is 32.1 Å². The van der Waals surface area contributed by atoms with Gasteiger partial charge in [-0.15, -0.1) is 0 Å². The van der Waals surface area contributed by atoms with E-state index in [0.29, 0.717) is 44.3 Å². The SMILES string of the molecule is COC(=O)c1sc(N2CCOCC2)nc1NC(=O)CN1C(=O)N[C@@]2(C[C@H](C)CC(C)(C)C2)C1=O. The fraction of sp³-hybridized carbons (Fsp3) is 0.682. The lowest BCUT2D eigenvalue weighted by molar-refractivity contribution is -0.136. The normalized spacial score (nSPS) is 26.5. The van der Waals surface area contributed by atoms with Gasteiger partial charge < -0.3 is 25.0 Å². The van der Waals surface area contributed by atoms with Crippen molar-refractivity contribution in [1.82, 2.24) is 15.2 Å². The molecule has 2 N–H and O–H groups in total. The maximum atomic E-state index is 13.3. The number of anilines is 2. The lowest BCUT2D eigenvalue weighted by atomic mass is 9.64. The van der Waals surface area contributed by atoms with E-state index in [1.807, 2.05) is 4.90 Å². The number of urea groups is 1. The highest BCUT2D eigenvalue weighted by Gasteiger charge is 2.56. The number of ether oxygens (including phenoxy) is 2. The summed E-state index contributed by atoms with van der Waals surface area (Å²) in [6.07, 6.45) is 2.03. The molecule has 4 amide bonds. The van der Waals surface area contributed by atoms with E-state index in [4.69, 9.17) is 9.47 Å². The number of rotatable bonds is 5. The predicted octanol–water partition coefficient (Wildman–Crippen LogP) is 1.84. The second kappa shape index (κ2) is 9.14. The molecule has 1 aromatic heterocycles. The van der Waals surface area contributed by atoms with Gasteiger partial charge in [-0.3, -0.25) is 14.5 Å². The van der Waals surface area contributed by atoms with Crippen LogP contribution < -0.4 is 15.5 Å². The van der Waals surface area contributed by atoms with Gasteiger partial charge >= 0.3 is 12.0 Å². The third-order valence-electron chi connectivity index (χ3n) is 6.45. The summed E-state index contributed by atoms with van der Waals surface area (Å²) in [7, 11) is 1.25. The molecule has 2 atom stereocenters. The molecule has 1 aliphatic carbocycles. The Kier molecular flexibility index (Phi) is 6.56. The molecule has 1 saturated carbocycles. The van der Waals surface area contributed by atoms with Crippen molar-refractivity contribution in [3.63, 3.8) is 0 Å². The van der Waals surface area contributed by atoms with E-state index < -0.39 is 30.0 Å². The Morgan fingerprint density at radius 3 is 2.62 bits per heavy atom. The number of imide groups is 1. The van der Waals surface area contributed by atoms with Gasteiger partial charge in [0.2, 0.25) is 5.91 Å². The summed E-state index contributed by atoms with van der Waals surface area (Å²) in [4.78, 5) is 58.6. The van der Waals surface area contributed by atoms with E-state index in [1.54, 1.807) is 0 Å². The molecule has 1 spiro atoms. The first-order valence-corrected chi connectivity index (χ1v) is 12.2. The standard InChI is InChI=1S/C22H31N5O6S/c1-13-9-21(2,3)12-22(10-13)18(30)27(19(31)25-22)11-14(28)23-16-15(17(29)32-4)34-20(24-16)26-5-7-33-8-6-26/h13H,5-12H2,1-4H3,(H,23,28)(H,25,31)/t13-,22-/m1/s1. The van der Waals surface area contributed by atoms with Crippen molar-refractivity contribution < 1.29 is 28.7 Å². The largest absolute Gasteiger partial charge is 0.465 e. The summed E-state index contributed by atoms with van der Waals surface area (Å²) < 4.78 is 10.2. The van der Waals surface area contributed by atoms with Crippen molar-refractivity contribution in [2.75, 3.05) is 50.2 Å². The number of nitrogens with one attached hydrogen (secondary N) is 2. The molecule has 2 saturated heterocycles. The molecule has 3 fully saturated rings. The zero-order valence-corrected chi connectivity index (χ0v) is 20.8. The summed E-state index contributed by atoms with van der Waals surface area (Å²) in [6, 6.07) is -0.578. The van der Waals surface area contributed by atoms with Gasteiger partial charge in [0.25, 0.3) is 5.91 Å². The Bertz CT molecular complexity index is 1000. The number of esters is 1. The molecule has 4 rings (SSSR count). The Hall–Kier alpha value is -2.73. The molecule has 3 aliphatic rings. The number of morpholine rings is 1. The van der Waals surface area contributed by atoms with Gasteiger partial charge in [0.05, 0.1) is 20.3 Å². The minimum Gasteiger partial charge on any atom is -0.465 e. The molecule has 0 unspecified atom stereocenters. The first-order chi connectivity index (χ1) is 16.0. The average molecular weight is 494 g/mol. The molecule has 2 aliphatic heterocycles. The highest BCUT2D eigenvalue weighted by molar-refractivity contribution is 7.18. The van der Waals surface area contributed by atoms with E-state index in [9.17, 15) is 19.2 Å². The van der Waals surface area contributed by atoms with Crippen LogP contribution in [0.25, 0.3) is 0 Å². The average Bonchev–Trinajstić information content (AvgIpc) is 3.27. The van der Waals surface area contributed by atoms with Crippen molar-refractivity contribution in [3.05, 3.63) is 4.88 Å². The van der Waals surface area contributed by atoms with Gasteiger partial charge in [0.15, 0.2) is 15.8 Å². The first kappa shape index (κ1) is 24.4. The number of hydrogen-bond acceptors (Lipinski definition) is 9. The van der Waals surface area contributed by atoms with Crippen LogP contribution in [0.5, 0.6) is 0 Å². The second-order valence-corrected chi connectivity index (χ2v) is 11.0. The number of hydrogen-bond donors (Lipinski definition) is 2. The number of thiazole rings is 1. The van der Waals surface area contributed by atoms with Gasteiger partial charge in [-0.25, -0.2) is 14.6 Å². The first-order valence-electron chi connectivity index (χ1n) is 11.4. The highest BCUT2D eigenvalue weighted by Crippen LogP contribution is 2.46. The number of amides is 4. The lowest BCUT2D eigenvalue weighted by Crippen LogP contribution is -2.54. The number of aromatic nitrogens is 1. The molecule has 12 heteroatoms. The van der Waals surface area contributed by atoms with Crippen molar-refractivity contribution >= 4 is 46.1 Å². The molecule has 0 bridgehead atoms. The van der Waals surface area contributed by atoms with E-state index in [0.717, 1.165) is 22.7 Å². The zero-order valence-electron chi connectivity index (χ0n) is 19.9. The van der Waals surface area contributed by atoms with E-state index in [-0.39, 0.29) is 27.9 Å². The van der Waals surface area contributed by atoms with Crippen molar-refractivity contribution in [2.45, 2.75) is 45.6 Å². The monoisotopic (exact) mass is 493 g/mol. The molecule has 11 nitrogen and oxygen atoms in total. The molecule has 0 radical (unpaired) electrons. The summed E-state index contributed by atoms with van der Waals surface area (Å²) in [5.41, 5.74) is -1.09. The van der Waals surface area contributed by atoms with Crippen molar-refractivity contribution in [2.24, 2.45) is 11.3 Å². The zero-order chi connectivity index (χ0) is 24.7. The van der Waals surface area contributed by atoms with Crippen LogP contribution in [0.1, 0.15) is 49.7 Å². The maximum Gasteiger partial charge on any atom is 0.352 e. The van der Waals surface area contributed by atoms with E-state index in [1.165, 1.54) is 7.11 Å². The van der Waals surface area contributed by atoms with Gasteiger partial charge in [-0.05, 0) is 30.6 Å². The Balaban J connectivity index is 1.49. The van der Waals surface area contributed by atoms with Crippen LogP contribution in [-0.2, 0) is 19.1 Å². The molecule has 1 aromatic rings. The summed E-state index contributed by atoms with van der Waals surface area (Å²) in [5, 5.41) is 6.02. The number of carbonyl (C=O) groups is 4. The molecular formula is C22H31N5O6S. The van der Waals surface area contributed by atoms with Crippen LogP contribution >= 0.6 is 11.3 Å². The molecule has 186 valence electrons. The van der Waals surface area contributed by atoms with Crippen molar-refractivity contribution in [3.8, 4) is 0 Å². The third-order valence-corrected chi connectivity index (χ3v) is 7.55. The van der Waals surface area contributed by atoms with Crippen LogP contribution in [0, 0.1) is 11.3 Å². The van der Waals surface area contributed by atoms with Crippen molar-refractivity contribution in [1.29, 1.82) is 0 Å². The van der Waals surface area contributed by atoms with Gasteiger partial charge in [-0.2, -0.15) is 0 Å². The van der Waals surface area contributed by atoms with Crippen LogP contribution in [0.2, 0.25) is 0 Å². The Morgan fingerprint density at radius 2 is 1.97 bits per heavy atom. The minimum atomic E-state index is -0.986. The topological polar surface area (TPSA) is 130 Å². The van der Waals surface area contributed by atoms with Crippen LogP contribution in [0.4, 0.5) is 15.7 Å². The minimum absolute atomic E-state index is 0.0533. The lowest BCUT2D eigenvalue weighted by Gasteiger charge is -2.43. The van der Waals surface area contributed by atoms with Crippen LogP contribution in [0.15, 0.2) is 0 Å². The maximum absolute atomic E-state index is 13.3. The fourth-order valence-electron chi connectivity index (χ4n) is 5.48. The van der Waals surface area contributed by atoms with Gasteiger partial charge in [0.1, 0.15) is 12.1 Å². The molecule has 34 heavy (non-hydrogen) atoms. The fourth-order valence-corrected chi connectivity index (χ4v) is 6.47. The highest BCUT2D eigenvalue weighted by atomic mass is 32.1. The molecule has 3 heterocycles. The number of nitrogens with zero attached hydrogens (tertiary/aromatic N) is 3. The third kappa shape index (κ3) is 4.74. The summed E-state index contributed by atoms with van der Waals surface area (Å²) in [6.45, 7) is 8.08. The van der Waals surface area contributed by atoms with Crippen LogP contribution in [0.3, 0.4) is 0 Å². The predicted molar refractivity (Wildman–Crippen MR) is 125 cm³/mol. The number of carbonyl (C=O) groups excluding carboxylic acids is 4.